The number of para-hydroxylation sites is 3. The van der Waals surface area contributed by atoms with E-state index in [1.165, 1.54) is 77.3 Å². The molecule has 0 bridgehead atoms. The van der Waals surface area contributed by atoms with Crippen LogP contribution in [0.3, 0.4) is 0 Å². The van der Waals surface area contributed by atoms with E-state index in [-0.39, 0.29) is 0 Å². The summed E-state index contributed by atoms with van der Waals surface area (Å²) in [5, 5.41) is 6.86. The Bertz CT molecular complexity index is 3760. The molecule has 0 fully saturated rings. The summed E-state index contributed by atoms with van der Waals surface area (Å²) in [5.41, 5.74) is 26.1. The second kappa shape index (κ2) is 15.1. The summed E-state index contributed by atoms with van der Waals surface area (Å²) < 4.78 is 19.2. The molecule has 12 heteroatoms. The van der Waals surface area contributed by atoms with Crippen molar-refractivity contribution in [2.45, 2.75) is 0 Å². The lowest BCUT2D eigenvalue weighted by Crippen LogP contribution is -2.50. The van der Waals surface area contributed by atoms with Crippen LogP contribution in [0.4, 0.5) is 17.1 Å². The van der Waals surface area contributed by atoms with Crippen LogP contribution in [0, 0.1) is 0 Å². The van der Waals surface area contributed by atoms with E-state index in [0.29, 0.717) is 0 Å². The van der Waals surface area contributed by atoms with Crippen LogP contribution in [0.1, 0.15) is 0 Å². The van der Waals surface area contributed by atoms with Gasteiger partial charge in [0, 0.05) is 49.4 Å². The van der Waals surface area contributed by atoms with Crippen molar-refractivity contribution in [2.75, 3.05) is 4.90 Å². The average Bonchev–Trinajstić information content (AvgIpc) is 4.04. The minimum absolute atomic E-state index is 0.896. The molecule has 12 rings (SSSR count). The molecule has 0 N–H and O–H groups in total. The molecule has 0 amide bonds. The zero-order chi connectivity index (χ0) is 45.1. The number of fused-ring (bicyclic) bond motifs is 9. The first-order chi connectivity index (χ1) is 32.1. The van der Waals surface area contributed by atoms with Gasteiger partial charge in [-0.25, -0.2) is 0 Å². The lowest BCUT2D eigenvalue weighted by Gasteiger charge is -2.36. The first kappa shape index (κ1) is 40.2. The molecular weight excluding hydrogens is 797 g/mol. The van der Waals surface area contributed by atoms with Crippen molar-refractivity contribution in [3.8, 4) is 33.4 Å². The number of benzene rings is 9. The van der Waals surface area contributed by atoms with Crippen LogP contribution in [0.25, 0.3) is 99.2 Å². The number of hydrogen-bond acceptors (Lipinski definition) is 4. The summed E-state index contributed by atoms with van der Waals surface area (Å²) in [6.45, 7) is 0. The lowest BCUT2D eigenvalue weighted by atomic mass is 9.62. The molecule has 0 saturated carbocycles. The monoisotopic (exact) mass is 839 g/mol. The van der Waals surface area contributed by atoms with Crippen molar-refractivity contribution in [1.82, 2.24) is 0 Å². The maximum atomic E-state index is 6.43. The normalized spacial score (nSPS) is 11.8. The molecule has 0 unspecified atom stereocenters. The van der Waals surface area contributed by atoms with Gasteiger partial charge in [-0.05, 0) is 81.9 Å². The van der Waals surface area contributed by atoms with Crippen molar-refractivity contribution < 1.29 is 13.3 Å². The Labute approximate surface area is 390 Å². The van der Waals surface area contributed by atoms with E-state index in [4.69, 9.17) is 13.3 Å². The van der Waals surface area contributed by atoms with Crippen molar-refractivity contribution in [3.63, 3.8) is 0 Å². The molecule has 0 spiro atoms. The molecule has 0 saturated heterocycles. The predicted molar refractivity (Wildman–Crippen MR) is 305 cm³/mol. The second-order valence-electron chi connectivity index (χ2n) is 18.2. The van der Waals surface area contributed by atoms with Crippen molar-refractivity contribution >= 4 is 189 Å². The second-order valence-corrected chi connectivity index (χ2v) is 18.2. The van der Waals surface area contributed by atoms with E-state index in [1.807, 2.05) is 18.2 Å². The third kappa shape index (κ3) is 5.83. The Morgan fingerprint density at radius 1 is 0.288 bits per heavy atom. The molecule has 0 radical (unpaired) electrons. The van der Waals surface area contributed by atoms with E-state index in [9.17, 15) is 0 Å². The van der Waals surface area contributed by atoms with Gasteiger partial charge in [-0.1, -0.05) is 147 Å². The van der Waals surface area contributed by atoms with Crippen LogP contribution in [0.15, 0.2) is 165 Å². The summed E-state index contributed by atoms with van der Waals surface area (Å²) in [6, 6.07) is 53.7. The molecule has 0 atom stereocenters. The van der Waals surface area contributed by atoms with Crippen LogP contribution in [0.5, 0.6) is 0 Å². The van der Waals surface area contributed by atoms with Crippen LogP contribution >= 0.6 is 0 Å². The van der Waals surface area contributed by atoms with Crippen molar-refractivity contribution in [3.05, 3.63) is 152 Å². The lowest BCUT2D eigenvalue weighted by molar-refractivity contribution is 0.668. The maximum absolute atomic E-state index is 6.43. The Hall–Kier alpha value is -7.30. The van der Waals surface area contributed by atoms with Gasteiger partial charge in [-0.15, -0.1) is 0 Å². The molecule has 304 valence electrons. The van der Waals surface area contributed by atoms with E-state index in [2.05, 4.69) is 201 Å². The van der Waals surface area contributed by atoms with Gasteiger partial charge in [0.05, 0.1) is 0 Å². The molecule has 3 aromatic heterocycles. The SMILES string of the molecule is Bc1c(B)c(N(c2ccc(-c3cccc4oc5ccccc5c34)cc2)c2c(B)c(B)c(-c3cccc4oc5ccccc5c34)c(B)c2B)c(B)c(B)c1-c1cccc2oc3ccccc3c12. The van der Waals surface area contributed by atoms with Gasteiger partial charge >= 0.3 is 0 Å². The highest BCUT2D eigenvalue weighted by atomic mass is 16.3. The number of rotatable bonds is 6. The average molecular weight is 838 g/mol. The summed E-state index contributed by atoms with van der Waals surface area (Å²) in [4.78, 5) is 2.56. The summed E-state index contributed by atoms with van der Waals surface area (Å²) >= 11 is 0. The van der Waals surface area contributed by atoms with E-state index in [1.54, 1.807) is 0 Å². The van der Waals surface area contributed by atoms with Gasteiger partial charge in [-0.3, -0.25) is 0 Å². The maximum Gasteiger partial charge on any atom is 0.141 e. The highest BCUT2D eigenvalue weighted by molar-refractivity contribution is 6.66. The molecule has 4 nitrogen and oxygen atoms in total. The highest BCUT2D eigenvalue weighted by Gasteiger charge is 2.28. The molecule has 0 aliphatic rings. The van der Waals surface area contributed by atoms with Gasteiger partial charge in [0.1, 0.15) is 96.3 Å². The van der Waals surface area contributed by atoms with Gasteiger partial charge in [0.15, 0.2) is 0 Å². The standard InChI is InChI=1S/C54H41B8NO3/c55-45-43(32-14-8-20-38-41(32)30-11-2-5-17-35(30)65-38)46(56)50(60)53(49(45)59)63(27-24-22-26(23-25-27)28-13-7-19-37-40(28)29-10-1-4-16-34(29)64-37)54-51(61)47(57)44(48(58)52(54)62)33-15-9-21-39-42(33)31-12-3-6-18-36(31)66-39/h1-25H,55-62H2. The fourth-order valence-corrected chi connectivity index (χ4v) is 11.2. The van der Waals surface area contributed by atoms with Crippen molar-refractivity contribution in [1.29, 1.82) is 0 Å². The molecule has 12 aromatic rings. The zero-order valence-electron chi connectivity index (χ0n) is 38.6. The number of hydrogen-bond donors (Lipinski definition) is 0. The quantitative estimate of drug-likeness (QED) is 0.241. The van der Waals surface area contributed by atoms with Gasteiger partial charge < -0.3 is 18.2 Å². The third-order valence-electron chi connectivity index (χ3n) is 14.8. The molecule has 3 heterocycles. The molecular formula is C54H41B8NO3. The summed E-state index contributed by atoms with van der Waals surface area (Å²) in [7, 11) is 18.4. The topological polar surface area (TPSA) is 42.7 Å². The van der Waals surface area contributed by atoms with Gasteiger partial charge in [-0.2, -0.15) is 0 Å². The fraction of sp³-hybridized carbons (Fsp3) is 0. The van der Waals surface area contributed by atoms with E-state index < -0.39 is 0 Å². The highest BCUT2D eigenvalue weighted by Crippen LogP contribution is 2.41. The minimum atomic E-state index is 0.896. The largest absolute Gasteiger partial charge is 0.456 e. The Morgan fingerprint density at radius 3 is 0.985 bits per heavy atom. The van der Waals surface area contributed by atoms with E-state index in [0.717, 1.165) is 82.6 Å². The fourth-order valence-electron chi connectivity index (χ4n) is 11.2. The molecule has 0 aliphatic carbocycles. The van der Waals surface area contributed by atoms with E-state index >= 15 is 0 Å². The number of anilines is 3. The molecule has 66 heavy (non-hydrogen) atoms. The number of furan rings is 3. The first-order valence-electron chi connectivity index (χ1n) is 22.9. The van der Waals surface area contributed by atoms with Gasteiger partial charge in [0.2, 0.25) is 0 Å². The van der Waals surface area contributed by atoms with Crippen molar-refractivity contribution in [2.24, 2.45) is 0 Å². The summed E-state index contributed by atoms with van der Waals surface area (Å²) in [5.74, 6) is 0. The van der Waals surface area contributed by atoms with Crippen LogP contribution in [-0.2, 0) is 0 Å². The Morgan fingerprint density at radius 2 is 0.606 bits per heavy atom. The van der Waals surface area contributed by atoms with Crippen LogP contribution < -0.4 is 48.6 Å². The minimum Gasteiger partial charge on any atom is -0.456 e. The smallest absolute Gasteiger partial charge is 0.141 e. The Kier molecular flexibility index (Phi) is 9.23. The number of nitrogens with zero attached hydrogens (tertiary/aromatic N) is 1. The predicted octanol–water partition coefficient (Wildman–Crippen LogP) is 1.92. The van der Waals surface area contributed by atoms with Crippen LogP contribution in [0.2, 0.25) is 0 Å². The first-order valence-corrected chi connectivity index (χ1v) is 22.9. The zero-order valence-corrected chi connectivity index (χ0v) is 38.6. The third-order valence-corrected chi connectivity index (χ3v) is 14.8. The molecule has 0 aliphatic heterocycles. The van der Waals surface area contributed by atoms with Gasteiger partial charge in [0.25, 0.3) is 0 Å². The Balaban J connectivity index is 1.10. The van der Waals surface area contributed by atoms with Crippen LogP contribution in [-0.4, -0.2) is 62.8 Å². The molecule has 9 aromatic carbocycles. The summed E-state index contributed by atoms with van der Waals surface area (Å²) in [6.07, 6.45) is 0.